The van der Waals surface area contributed by atoms with Crippen molar-refractivity contribution in [3.05, 3.63) is 51.7 Å². The summed E-state index contributed by atoms with van der Waals surface area (Å²) in [7, 11) is 0. The van der Waals surface area contributed by atoms with Crippen LogP contribution in [-0.4, -0.2) is 9.97 Å². The Morgan fingerprint density at radius 2 is 2.18 bits per heavy atom. The SMILES string of the molecule is N#Cc1cnc(NCc2c[n+]([O-])ccc2C(F)(F)F)nc1Cl. The first kappa shape index (κ1) is 15.8. The lowest BCUT2D eigenvalue weighted by atomic mass is 10.1. The Balaban J connectivity index is 2.23. The summed E-state index contributed by atoms with van der Waals surface area (Å²) >= 11 is 5.69. The van der Waals surface area contributed by atoms with Gasteiger partial charge in [0, 0.05) is 18.2 Å². The lowest BCUT2D eigenvalue weighted by molar-refractivity contribution is -0.606. The van der Waals surface area contributed by atoms with Crippen LogP contribution in [0.2, 0.25) is 5.15 Å². The number of anilines is 1. The number of alkyl halides is 3. The fraction of sp³-hybridized carbons (Fsp3) is 0.167. The van der Waals surface area contributed by atoms with Gasteiger partial charge in [0.2, 0.25) is 5.95 Å². The fourth-order valence-electron chi connectivity index (χ4n) is 1.63. The van der Waals surface area contributed by atoms with Crippen LogP contribution >= 0.6 is 11.6 Å². The third-order valence-corrected chi connectivity index (χ3v) is 2.91. The lowest BCUT2D eigenvalue weighted by Crippen LogP contribution is -2.28. The van der Waals surface area contributed by atoms with Crippen LogP contribution in [0.3, 0.4) is 0 Å². The van der Waals surface area contributed by atoms with E-state index in [2.05, 4.69) is 15.3 Å². The standard InChI is InChI=1S/C12H7ClF3N5O/c13-10-7(3-17)4-18-11(20-10)19-5-8-6-21(22)2-1-9(8)12(14,15)16/h1-2,4,6H,5H2,(H,18,19,20). The molecule has 0 bridgehead atoms. The number of aromatic nitrogens is 3. The Morgan fingerprint density at radius 3 is 2.77 bits per heavy atom. The molecule has 0 atom stereocenters. The highest BCUT2D eigenvalue weighted by molar-refractivity contribution is 6.30. The van der Waals surface area contributed by atoms with Crippen LogP contribution in [0.1, 0.15) is 16.7 Å². The summed E-state index contributed by atoms with van der Waals surface area (Å²) in [5.74, 6) is -0.0570. The van der Waals surface area contributed by atoms with Gasteiger partial charge in [0.15, 0.2) is 17.5 Å². The molecular weight excluding hydrogens is 323 g/mol. The molecule has 0 aliphatic rings. The third-order valence-electron chi connectivity index (χ3n) is 2.62. The molecule has 1 N–H and O–H groups in total. The van der Waals surface area contributed by atoms with Gasteiger partial charge in [0.25, 0.3) is 0 Å². The van der Waals surface area contributed by atoms with Gasteiger partial charge in [-0.15, -0.1) is 0 Å². The van der Waals surface area contributed by atoms with Crippen molar-refractivity contribution in [1.29, 1.82) is 5.26 Å². The van der Waals surface area contributed by atoms with E-state index in [0.717, 1.165) is 18.6 Å². The maximum absolute atomic E-state index is 12.8. The smallest absolute Gasteiger partial charge is 0.417 e. The molecule has 2 aromatic rings. The highest BCUT2D eigenvalue weighted by Gasteiger charge is 2.34. The van der Waals surface area contributed by atoms with Gasteiger partial charge in [-0.3, -0.25) is 0 Å². The zero-order chi connectivity index (χ0) is 16.3. The first-order valence-corrected chi connectivity index (χ1v) is 6.14. The summed E-state index contributed by atoms with van der Waals surface area (Å²) in [4.78, 5) is 7.47. The predicted octanol–water partition coefficient (Wildman–Crippen LogP) is 2.27. The molecule has 0 aliphatic carbocycles. The second-order valence-electron chi connectivity index (χ2n) is 4.10. The molecule has 0 unspecified atom stereocenters. The van der Waals surface area contributed by atoms with Gasteiger partial charge < -0.3 is 10.5 Å². The summed E-state index contributed by atoms with van der Waals surface area (Å²) in [5, 5.41) is 22.2. The first-order valence-electron chi connectivity index (χ1n) is 5.76. The van der Waals surface area contributed by atoms with Gasteiger partial charge >= 0.3 is 6.18 Å². The molecule has 0 fully saturated rings. The average molecular weight is 330 g/mol. The van der Waals surface area contributed by atoms with Gasteiger partial charge in [-0.1, -0.05) is 11.6 Å². The molecule has 2 rings (SSSR count). The van der Waals surface area contributed by atoms with Crippen molar-refractivity contribution < 1.29 is 17.9 Å². The Labute approximate surface area is 127 Å². The van der Waals surface area contributed by atoms with Crippen LogP contribution in [0.4, 0.5) is 19.1 Å². The minimum absolute atomic E-state index is 0.0420. The second kappa shape index (κ2) is 6.03. The fourth-order valence-corrected chi connectivity index (χ4v) is 1.81. The molecule has 0 spiro atoms. The quantitative estimate of drug-likeness (QED) is 0.530. The number of halogens is 4. The highest BCUT2D eigenvalue weighted by atomic mass is 35.5. The molecule has 22 heavy (non-hydrogen) atoms. The monoisotopic (exact) mass is 329 g/mol. The second-order valence-corrected chi connectivity index (χ2v) is 4.46. The third kappa shape index (κ3) is 3.53. The van der Waals surface area contributed by atoms with Gasteiger partial charge in [-0.25, -0.2) is 4.98 Å². The van der Waals surface area contributed by atoms with Crippen LogP contribution in [0, 0.1) is 16.5 Å². The Morgan fingerprint density at radius 1 is 1.45 bits per heavy atom. The lowest BCUT2D eigenvalue weighted by Gasteiger charge is -2.12. The molecule has 0 saturated heterocycles. The predicted molar refractivity (Wildman–Crippen MR) is 69.5 cm³/mol. The van der Waals surface area contributed by atoms with Crippen molar-refractivity contribution in [2.75, 3.05) is 5.32 Å². The van der Waals surface area contributed by atoms with Crippen molar-refractivity contribution in [2.24, 2.45) is 0 Å². The van der Waals surface area contributed by atoms with Gasteiger partial charge in [0.05, 0.1) is 11.8 Å². The minimum atomic E-state index is -4.59. The Bertz CT molecular complexity index is 745. The van der Waals surface area contributed by atoms with Crippen molar-refractivity contribution in [3.8, 4) is 6.07 Å². The van der Waals surface area contributed by atoms with E-state index < -0.39 is 11.7 Å². The summed E-state index contributed by atoms with van der Waals surface area (Å²) < 4.78 is 38.8. The first-order chi connectivity index (χ1) is 10.3. The molecule has 2 aromatic heterocycles. The molecule has 0 aromatic carbocycles. The maximum Gasteiger partial charge on any atom is 0.417 e. The van der Waals surface area contributed by atoms with Crippen LogP contribution in [0.25, 0.3) is 0 Å². The molecule has 0 aliphatic heterocycles. The average Bonchev–Trinajstić information content (AvgIpc) is 2.44. The summed E-state index contributed by atoms with van der Waals surface area (Å²) in [6.07, 6.45) is -1.88. The molecular formula is C12H7ClF3N5O. The zero-order valence-electron chi connectivity index (χ0n) is 10.7. The van der Waals surface area contributed by atoms with Crippen LogP contribution in [0.15, 0.2) is 24.7 Å². The van der Waals surface area contributed by atoms with E-state index in [9.17, 15) is 18.4 Å². The Hall–Kier alpha value is -2.60. The van der Waals surface area contributed by atoms with Crippen molar-refractivity contribution >= 4 is 17.5 Å². The summed E-state index contributed by atoms with van der Waals surface area (Å²) in [5.41, 5.74) is -1.17. The van der Waals surface area contributed by atoms with Crippen molar-refractivity contribution in [3.63, 3.8) is 0 Å². The number of nitriles is 1. The van der Waals surface area contributed by atoms with E-state index >= 15 is 0 Å². The largest absolute Gasteiger partial charge is 0.619 e. The van der Waals surface area contributed by atoms with Crippen molar-refractivity contribution in [1.82, 2.24) is 9.97 Å². The normalized spacial score (nSPS) is 11.0. The van der Waals surface area contributed by atoms with Gasteiger partial charge in [-0.2, -0.15) is 28.1 Å². The van der Waals surface area contributed by atoms with Crippen LogP contribution in [0.5, 0.6) is 0 Å². The number of hydrogen-bond acceptors (Lipinski definition) is 5. The molecule has 0 amide bonds. The number of hydrogen-bond donors (Lipinski definition) is 1. The van der Waals surface area contributed by atoms with E-state index in [0.29, 0.717) is 6.07 Å². The number of pyridine rings is 1. The van der Waals surface area contributed by atoms with E-state index in [1.54, 1.807) is 6.07 Å². The van der Waals surface area contributed by atoms with E-state index in [1.165, 1.54) is 0 Å². The highest BCUT2D eigenvalue weighted by Crippen LogP contribution is 2.31. The van der Waals surface area contributed by atoms with Crippen LogP contribution < -0.4 is 10.0 Å². The molecule has 114 valence electrons. The summed E-state index contributed by atoms with van der Waals surface area (Å²) in [6.45, 7) is -0.333. The van der Waals surface area contributed by atoms with E-state index in [4.69, 9.17) is 16.9 Å². The van der Waals surface area contributed by atoms with Gasteiger partial charge in [-0.05, 0) is 0 Å². The van der Waals surface area contributed by atoms with E-state index in [-0.39, 0.29) is 33.5 Å². The molecule has 0 radical (unpaired) electrons. The topological polar surface area (TPSA) is 88.5 Å². The number of nitrogens with one attached hydrogen (secondary N) is 1. The zero-order valence-corrected chi connectivity index (χ0v) is 11.5. The molecule has 2 heterocycles. The maximum atomic E-state index is 12.8. The van der Waals surface area contributed by atoms with Gasteiger partial charge in [0.1, 0.15) is 11.6 Å². The van der Waals surface area contributed by atoms with Crippen LogP contribution in [-0.2, 0) is 12.7 Å². The summed E-state index contributed by atoms with van der Waals surface area (Å²) in [6, 6.07) is 2.45. The number of rotatable bonds is 3. The molecule has 6 nitrogen and oxygen atoms in total. The molecule has 10 heteroatoms. The van der Waals surface area contributed by atoms with Crippen molar-refractivity contribution in [2.45, 2.75) is 12.7 Å². The minimum Gasteiger partial charge on any atom is -0.619 e. The molecule has 0 saturated carbocycles. The number of nitrogens with zero attached hydrogens (tertiary/aromatic N) is 4. The Kier molecular flexibility index (Phi) is 4.32. The van der Waals surface area contributed by atoms with E-state index in [1.807, 2.05) is 0 Å².